The first-order valence-corrected chi connectivity index (χ1v) is 12.6. The molecule has 0 atom stereocenters. The molecule has 2 fully saturated rings. The number of benzene rings is 2. The van der Waals surface area contributed by atoms with E-state index in [0.29, 0.717) is 43.6 Å². The van der Waals surface area contributed by atoms with Crippen molar-refractivity contribution in [3.8, 4) is 0 Å². The number of para-hydroxylation sites is 2. The molecule has 11 heteroatoms. The molecule has 4 amide bonds. The van der Waals surface area contributed by atoms with E-state index in [2.05, 4.69) is 15.6 Å². The van der Waals surface area contributed by atoms with E-state index in [9.17, 15) is 14.4 Å². The SMILES string of the molecule is CN(c1ccccc1)c1cc(/C=C2/SC(=O)NC2=O)nc(N2CCN(C(=O)Nc3ccccc3)CC2)n1. The molecule has 3 heterocycles. The molecular formula is C26H25N7O3S. The van der Waals surface area contributed by atoms with Gasteiger partial charge in [-0.25, -0.2) is 9.78 Å². The number of rotatable bonds is 5. The fourth-order valence-corrected chi connectivity index (χ4v) is 4.67. The highest BCUT2D eigenvalue weighted by molar-refractivity contribution is 8.18. The molecule has 37 heavy (non-hydrogen) atoms. The van der Waals surface area contributed by atoms with Gasteiger partial charge >= 0.3 is 6.03 Å². The van der Waals surface area contributed by atoms with E-state index in [1.165, 1.54) is 0 Å². The number of hydrogen-bond donors (Lipinski definition) is 2. The summed E-state index contributed by atoms with van der Waals surface area (Å²) < 4.78 is 0. The van der Waals surface area contributed by atoms with Crippen LogP contribution in [0.1, 0.15) is 5.69 Å². The summed E-state index contributed by atoms with van der Waals surface area (Å²) in [6.07, 6.45) is 1.60. The van der Waals surface area contributed by atoms with Crippen LogP contribution in [-0.2, 0) is 4.79 Å². The Hall–Kier alpha value is -4.38. The summed E-state index contributed by atoms with van der Waals surface area (Å²) in [4.78, 5) is 51.9. The largest absolute Gasteiger partial charge is 0.337 e. The maximum atomic E-state index is 12.7. The Bertz CT molecular complexity index is 1340. The molecule has 0 saturated carbocycles. The van der Waals surface area contributed by atoms with Crippen LogP contribution in [0.4, 0.5) is 32.7 Å². The predicted molar refractivity (Wildman–Crippen MR) is 145 cm³/mol. The van der Waals surface area contributed by atoms with Crippen LogP contribution in [0.3, 0.4) is 0 Å². The molecule has 0 unspecified atom stereocenters. The van der Waals surface area contributed by atoms with Crippen LogP contribution in [0, 0.1) is 0 Å². The van der Waals surface area contributed by atoms with Crippen molar-refractivity contribution in [2.45, 2.75) is 0 Å². The average Bonchev–Trinajstić information content (AvgIpc) is 3.25. The Labute approximate surface area is 218 Å². The molecular weight excluding hydrogens is 490 g/mol. The highest BCUT2D eigenvalue weighted by Crippen LogP contribution is 2.29. The van der Waals surface area contributed by atoms with Gasteiger partial charge in [-0.2, -0.15) is 4.98 Å². The van der Waals surface area contributed by atoms with Crippen LogP contribution >= 0.6 is 11.8 Å². The van der Waals surface area contributed by atoms with E-state index in [1.807, 2.05) is 77.5 Å². The molecule has 2 aliphatic rings. The van der Waals surface area contributed by atoms with Crippen LogP contribution in [0.5, 0.6) is 0 Å². The van der Waals surface area contributed by atoms with E-state index in [0.717, 1.165) is 23.1 Å². The lowest BCUT2D eigenvalue weighted by molar-refractivity contribution is -0.115. The number of nitrogens with zero attached hydrogens (tertiary/aromatic N) is 5. The Kier molecular flexibility index (Phi) is 7.04. The van der Waals surface area contributed by atoms with Gasteiger partial charge in [-0.3, -0.25) is 14.9 Å². The summed E-state index contributed by atoms with van der Waals surface area (Å²) in [5, 5.41) is 4.79. The lowest BCUT2D eigenvalue weighted by atomic mass is 10.2. The van der Waals surface area contributed by atoms with Gasteiger partial charge in [0, 0.05) is 50.7 Å². The summed E-state index contributed by atoms with van der Waals surface area (Å²) in [7, 11) is 1.91. The minimum absolute atomic E-state index is 0.149. The van der Waals surface area contributed by atoms with Crippen LogP contribution < -0.4 is 20.4 Å². The van der Waals surface area contributed by atoms with Gasteiger partial charge in [-0.1, -0.05) is 36.4 Å². The molecule has 10 nitrogen and oxygen atoms in total. The number of nitrogens with one attached hydrogen (secondary N) is 2. The molecule has 0 spiro atoms. The smallest absolute Gasteiger partial charge is 0.321 e. The number of carbonyl (C=O) groups excluding carboxylic acids is 3. The zero-order valence-corrected chi connectivity index (χ0v) is 20.9. The number of thioether (sulfide) groups is 1. The van der Waals surface area contributed by atoms with E-state index >= 15 is 0 Å². The normalized spacial score (nSPS) is 16.6. The zero-order valence-electron chi connectivity index (χ0n) is 20.1. The van der Waals surface area contributed by atoms with Crippen molar-refractivity contribution >= 4 is 58.2 Å². The van der Waals surface area contributed by atoms with Crippen molar-refractivity contribution in [1.29, 1.82) is 0 Å². The number of carbonyl (C=O) groups is 3. The van der Waals surface area contributed by atoms with Gasteiger partial charge in [0.2, 0.25) is 5.95 Å². The molecule has 188 valence electrons. The molecule has 5 rings (SSSR count). The molecule has 2 saturated heterocycles. The molecule has 2 aliphatic heterocycles. The first-order valence-electron chi connectivity index (χ1n) is 11.7. The number of aromatic nitrogens is 2. The first-order chi connectivity index (χ1) is 18.0. The minimum atomic E-state index is -0.439. The summed E-state index contributed by atoms with van der Waals surface area (Å²) in [6, 6.07) is 20.8. The maximum Gasteiger partial charge on any atom is 0.321 e. The third-order valence-corrected chi connectivity index (χ3v) is 6.81. The third kappa shape index (κ3) is 5.72. The van der Waals surface area contributed by atoms with Crippen molar-refractivity contribution in [2.75, 3.05) is 48.3 Å². The summed E-state index contributed by atoms with van der Waals surface area (Å²) in [6.45, 7) is 2.10. The molecule has 0 radical (unpaired) electrons. The van der Waals surface area contributed by atoms with Gasteiger partial charge in [0.25, 0.3) is 11.1 Å². The van der Waals surface area contributed by atoms with E-state index in [-0.39, 0.29) is 10.9 Å². The summed E-state index contributed by atoms with van der Waals surface area (Å²) >= 11 is 0.848. The summed E-state index contributed by atoms with van der Waals surface area (Å²) in [5.41, 5.74) is 2.20. The van der Waals surface area contributed by atoms with E-state index in [1.54, 1.807) is 17.0 Å². The third-order valence-electron chi connectivity index (χ3n) is 6.00. The number of hydrogen-bond acceptors (Lipinski definition) is 8. The first kappa shape index (κ1) is 24.3. The monoisotopic (exact) mass is 515 g/mol. The van der Waals surface area contributed by atoms with Gasteiger partial charge in [0.05, 0.1) is 10.6 Å². The number of anilines is 4. The van der Waals surface area contributed by atoms with Crippen molar-refractivity contribution in [2.24, 2.45) is 0 Å². The predicted octanol–water partition coefficient (Wildman–Crippen LogP) is 3.92. The van der Waals surface area contributed by atoms with Gasteiger partial charge in [-0.15, -0.1) is 0 Å². The second kappa shape index (κ2) is 10.7. The highest BCUT2D eigenvalue weighted by Gasteiger charge is 2.27. The number of imide groups is 1. The van der Waals surface area contributed by atoms with Gasteiger partial charge in [0.1, 0.15) is 5.82 Å². The molecule has 1 aromatic heterocycles. The Morgan fingerprint density at radius 1 is 1.00 bits per heavy atom. The lowest BCUT2D eigenvalue weighted by Gasteiger charge is -2.35. The zero-order chi connectivity index (χ0) is 25.8. The van der Waals surface area contributed by atoms with Crippen LogP contribution in [0.25, 0.3) is 6.08 Å². The second-order valence-electron chi connectivity index (χ2n) is 8.47. The molecule has 0 bridgehead atoms. The van der Waals surface area contributed by atoms with Crippen molar-refractivity contribution in [1.82, 2.24) is 20.2 Å². The molecule has 0 aliphatic carbocycles. The Morgan fingerprint density at radius 2 is 1.68 bits per heavy atom. The van der Waals surface area contributed by atoms with E-state index in [4.69, 9.17) is 4.98 Å². The lowest BCUT2D eigenvalue weighted by Crippen LogP contribution is -2.50. The van der Waals surface area contributed by atoms with Crippen molar-refractivity contribution < 1.29 is 14.4 Å². The van der Waals surface area contributed by atoms with Crippen LogP contribution in [-0.4, -0.2) is 65.3 Å². The second-order valence-corrected chi connectivity index (χ2v) is 9.48. The van der Waals surface area contributed by atoms with E-state index < -0.39 is 11.1 Å². The standard InChI is InChI=1S/C26H25N7O3S/c1-31(20-10-6-3-7-11-20)22-17-19(16-21-23(34)30-26(36)37-21)27-24(29-22)32-12-14-33(15-13-32)25(35)28-18-8-4-2-5-9-18/h2-11,16-17H,12-15H2,1H3,(H,28,35)(H,30,34,36)/b21-16+. The maximum absolute atomic E-state index is 12.7. The van der Waals surface area contributed by atoms with Gasteiger partial charge in [0.15, 0.2) is 0 Å². The van der Waals surface area contributed by atoms with Gasteiger partial charge in [-0.05, 0) is 42.1 Å². The van der Waals surface area contributed by atoms with Gasteiger partial charge < -0.3 is 20.0 Å². The number of piperazine rings is 1. The number of urea groups is 1. The minimum Gasteiger partial charge on any atom is -0.337 e. The van der Waals surface area contributed by atoms with Crippen molar-refractivity contribution in [3.05, 3.63) is 77.3 Å². The molecule has 2 N–H and O–H groups in total. The fourth-order valence-electron chi connectivity index (χ4n) is 4.00. The van der Waals surface area contributed by atoms with Crippen LogP contribution in [0.2, 0.25) is 0 Å². The average molecular weight is 516 g/mol. The highest BCUT2D eigenvalue weighted by atomic mass is 32.2. The molecule has 3 aromatic rings. The summed E-state index contributed by atoms with van der Waals surface area (Å²) in [5.74, 6) is 0.693. The topological polar surface area (TPSA) is 111 Å². The Morgan fingerprint density at radius 3 is 2.32 bits per heavy atom. The van der Waals surface area contributed by atoms with Crippen molar-refractivity contribution in [3.63, 3.8) is 0 Å². The fraction of sp³-hybridized carbons (Fsp3) is 0.192. The Balaban J connectivity index is 1.37. The molecule has 2 aromatic carbocycles. The quantitative estimate of drug-likeness (QED) is 0.492. The van der Waals surface area contributed by atoms with Crippen LogP contribution in [0.15, 0.2) is 71.6 Å². The number of amides is 4.